The van der Waals surface area contributed by atoms with Crippen LogP contribution in [0.3, 0.4) is 0 Å². The zero-order chi connectivity index (χ0) is 17.0. The van der Waals surface area contributed by atoms with Crippen LogP contribution in [-0.2, 0) is 12.8 Å². The Morgan fingerprint density at radius 3 is 2.52 bits per heavy atom. The van der Waals surface area contributed by atoms with Gasteiger partial charge in [0.1, 0.15) is 23.7 Å². The summed E-state index contributed by atoms with van der Waals surface area (Å²) in [5.41, 5.74) is -0.433. The molecule has 0 radical (unpaired) electrons. The Bertz CT molecular complexity index is 711. The van der Waals surface area contributed by atoms with Crippen LogP contribution in [0.1, 0.15) is 21.5 Å². The first-order valence-electron chi connectivity index (χ1n) is 6.51. The van der Waals surface area contributed by atoms with Crippen LogP contribution in [0.25, 0.3) is 0 Å². The number of ether oxygens (including phenoxy) is 2. The molecule has 122 valence electrons. The van der Waals surface area contributed by atoms with Crippen LogP contribution in [0.4, 0.5) is 13.2 Å². The van der Waals surface area contributed by atoms with Gasteiger partial charge < -0.3 is 14.6 Å². The summed E-state index contributed by atoms with van der Waals surface area (Å²) in [6.07, 6.45) is -4.41. The van der Waals surface area contributed by atoms with Gasteiger partial charge in [0, 0.05) is 6.07 Å². The van der Waals surface area contributed by atoms with Crippen molar-refractivity contribution in [2.75, 3.05) is 7.11 Å². The van der Waals surface area contributed by atoms with E-state index in [1.165, 1.54) is 37.4 Å². The molecular weight excluding hydrogens is 313 g/mol. The minimum atomic E-state index is -4.41. The lowest BCUT2D eigenvalue weighted by Gasteiger charge is -2.11. The Kier molecular flexibility index (Phi) is 4.78. The number of carbonyl (C=O) groups is 1. The third-order valence-corrected chi connectivity index (χ3v) is 3.06. The van der Waals surface area contributed by atoms with Crippen LogP contribution in [0.5, 0.6) is 11.5 Å². The van der Waals surface area contributed by atoms with Crippen molar-refractivity contribution in [1.82, 2.24) is 0 Å². The average molecular weight is 326 g/mol. The smallest absolute Gasteiger partial charge is 0.416 e. The molecular formula is C16H13F3O4. The Balaban J connectivity index is 2.14. The van der Waals surface area contributed by atoms with Gasteiger partial charge in [0.2, 0.25) is 0 Å². The lowest BCUT2D eigenvalue weighted by atomic mass is 10.1. The van der Waals surface area contributed by atoms with E-state index in [9.17, 15) is 18.0 Å². The number of alkyl halides is 3. The predicted molar refractivity (Wildman–Crippen MR) is 75.7 cm³/mol. The first kappa shape index (κ1) is 16.7. The molecule has 0 saturated heterocycles. The van der Waals surface area contributed by atoms with Crippen molar-refractivity contribution < 1.29 is 32.5 Å². The maximum atomic E-state index is 12.6. The molecule has 0 unspecified atom stereocenters. The van der Waals surface area contributed by atoms with E-state index in [0.29, 0.717) is 11.3 Å². The van der Waals surface area contributed by atoms with Crippen LogP contribution in [-0.4, -0.2) is 18.2 Å². The van der Waals surface area contributed by atoms with E-state index < -0.39 is 17.7 Å². The molecule has 0 atom stereocenters. The first-order chi connectivity index (χ1) is 10.8. The fraction of sp³-hybridized carbons (Fsp3) is 0.188. The quantitative estimate of drug-likeness (QED) is 0.902. The summed E-state index contributed by atoms with van der Waals surface area (Å²) >= 11 is 0. The van der Waals surface area contributed by atoms with Crippen molar-refractivity contribution in [3.63, 3.8) is 0 Å². The third kappa shape index (κ3) is 4.15. The van der Waals surface area contributed by atoms with Crippen LogP contribution in [0.15, 0.2) is 42.5 Å². The Morgan fingerprint density at radius 1 is 1.17 bits per heavy atom. The van der Waals surface area contributed by atoms with Crippen molar-refractivity contribution in [1.29, 1.82) is 0 Å². The number of carboxylic acids is 1. The molecule has 0 aliphatic carbocycles. The molecule has 0 heterocycles. The van der Waals surface area contributed by atoms with Crippen molar-refractivity contribution in [2.45, 2.75) is 12.8 Å². The Labute approximate surface area is 130 Å². The number of benzene rings is 2. The second-order valence-corrected chi connectivity index (χ2v) is 4.65. The highest BCUT2D eigenvalue weighted by molar-refractivity contribution is 5.91. The van der Waals surface area contributed by atoms with Crippen LogP contribution >= 0.6 is 0 Å². The molecule has 0 spiro atoms. The molecule has 2 rings (SSSR count). The number of hydrogen-bond donors (Lipinski definition) is 1. The van der Waals surface area contributed by atoms with Gasteiger partial charge in [0.25, 0.3) is 0 Å². The predicted octanol–water partition coefficient (Wildman–Crippen LogP) is 3.99. The summed E-state index contributed by atoms with van der Waals surface area (Å²) in [4.78, 5) is 11.0. The SMILES string of the molecule is COc1cc(OCc2cccc(C(F)(F)F)c2)ccc1C(=O)O. The number of aromatic carboxylic acids is 1. The average Bonchev–Trinajstić information content (AvgIpc) is 2.52. The van der Waals surface area contributed by atoms with Crippen LogP contribution in [0.2, 0.25) is 0 Å². The minimum Gasteiger partial charge on any atom is -0.496 e. The van der Waals surface area contributed by atoms with Gasteiger partial charge in [-0.2, -0.15) is 13.2 Å². The van der Waals surface area contributed by atoms with E-state index in [0.717, 1.165) is 12.1 Å². The lowest BCUT2D eigenvalue weighted by molar-refractivity contribution is -0.137. The highest BCUT2D eigenvalue weighted by Gasteiger charge is 2.30. The maximum Gasteiger partial charge on any atom is 0.416 e. The van der Waals surface area contributed by atoms with Crippen LogP contribution in [0, 0.1) is 0 Å². The number of hydrogen-bond acceptors (Lipinski definition) is 3. The van der Waals surface area contributed by atoms with E-state index in [2.05, 4.69) is 0 Å². The zero-order valence-corrected chi connectivity index (χ0v) is 12.1. The molecule has 0 bridgehead atoms. The van der Waals surface area contributed by atoms with Crippen LogP contribution < -0.4 is 9.47 Å². The summed E-state index contributed by atoms with van der Waals surface area (Å²) in [5.74, 6) is -0.741. The third-order valence-electron chi connectivity index (χ3n) is 3.06. The van der Waals surface area contributed by atoms with Gasteiger partial charge in [-0.05, 0) is 29.8 Å². The monoisotopic (exact) mass is 326 g/mol. The molecule has 2 aromatic carbocycles. The summed E-state index contributed by atoms with van der Waals surface area (Å²) < 4.78 is 48.3. The second kappa shape index (κ2) is 6.60. The van der Waals surface area contributed by atoms with Crippen molar-refractivity contribution in [3.8, 4) is 11.5 Å². The topological polar surface area (TPSA) is 55.8 Å². The number of rotatable bonds is 5. The fourth-order valence-electron chi connectivity index (χ4n) is 1.94. The fourth-order valence-corrected chi connectivity index (χ4v) is 1.94. The van der Waals surface area contributed by atoms with E-state index in [-0.39, 0.29) is 17.9 Å². The summed E-state index contributed by atoms with van der Waals surface area (Å²) in [7, 11) is 1.32. The van der Waals surface area contributed by atoms with Gasteiger partial charge in [-0.3, -0.25) is 0 Å². The second-order valence-electron chi connectivity index (χ2n) is 4.65. The van der Waals surface area contributed by atoms with E-state index in [4.69, 9.17) is 14.6 Å². The largest absolute Gasteiger partial charge is 0.496 e. The van der Waals surface area contributed by atoms with Gasteiger partial charge >= 0.3 is 12.1 Å². The number of carboxylic acid groups (broad SMARTS) is 1. The Morgan fingerprint density at radius 2 is 1.91 bits per heavy atom. The van der Waals surface area contributed by atoms with Crippen molar-refractivity contribution in [3.05, 3.63) is 59.2 Å². The molecule has 0 amide bonds. The molecule has 0 saturated carbocycles. The standard InChI is InChI=1S/C16H13F3O4/c1-22-14-8-12(5-6-13(14)15(20)21)23-9-10-3-2-4-11(7-10)16(17,18)19/h2-8H,9H2,1H3,(H,20,21). The molecule has 1 N–H and O–H groups in total. The van der Waals surface area contributed by atoms with E-state index in [1.807, 2.05) is 0 Å². The van der Waals surface area contributed by atoms with Crippen molar-refractivity contribution >= 4 is 5.97 Å². The highest BCUT2D eigenvalue weighted by Crippen LogP contribution is 2.30. The normalized spacial score (nSPS) is 11.1. The maximum absolute atomic E-state index is 12.6. The highest BCUT2D eigenvalue weighted by atomic mass is 19.4. The number of halogens is 3. The van der Waals surface area contributed by atoms with Gasteiger partial charge in [-0.15, -0.1) is 0 Å². The minimum absolute atomic E-state index is 0.0288. The lowest BCUT2D eigenvalue weighted by Crippen LogP contribution is -2.06. The molecule has 2 aromatic rings. The molecule has 0 aliphatic rings. The molecule has 4 nitrogen and oxygen atoms in total. The summed E-state index contributed by atoms with van der Waals surface area (Å²) in [6.45, 7) is -0.0838. The Hall–Kier alpha value is -2.70. The number of methoxy groups -OCH3 is 1. The molecule has 0 aliphatic heterocycles. The van der Waals surface area contributed by atoms with E-state index >= 15 is 0 Å². The molecule has 7 heteroatoms. The van der Waals surface area contributed by atoms with E-state index in [1.54, 1.807) is 0 Å². The van der Waals surface area contributed by atoms with Gasteiger partial charge in [0.15, 0.2) is 0 Å². The molecule has 0 fully saturated rings. The summed E-state index contributed by atoms with van der Waals surface area (Å²) in [5, 5.41) is 8.97. The zero-order valence-electron chi connectivity index (χ0n) is 12.1. The molecule has 23 heavy (non-hydrogen) atoms. The van der Waals surface area contributed by atoms with Gasteiger partial charge in [-0.1, -0.05) is 12.1 Å². The van der Waals surface area contributed by atoms with Gasteiger partial charge in [0.05, 0.1) is 12.7 Å². The first-order valence-corrected chi connectivity index (χ1v) is 6.51. The molecule has 0 aromatic heterocycles. The van der Waals surface area contributed by atoms with Gasteiger partial charge in [-0.25, -0.2) is 4.79 Å². The summed E-state index contributed by atoms with van der Waals surface area (Å²) in [6, 6.07) is 8.89. The van der Waals surface area contributed by atoms with Crippen molar-refractivity contribution in [2.24, 2.45) is 0 Å².